The average molecular weight is 404 g/mol. The fourth-order valence-electron chi connectivity index (χ4n) is 4.11. The van der Waals surface area contributed by atoms with Gasteiger partial charge in [-0.15, -0.1) is 0 Å². The number of rotatable bonds is 4. The molecule has 30 heavy (non-hydrogen) atoms. The maximum atomic E-state index is 14.8. The number of aromatic nitrogens is 3. The Morgan fingerprint density at radius 2 is 1.97 bits per heavy atom. The number of ether oxygens (including phenoxy) is 1. The molecule has 0 radical (unpaired) electrons. The van der Waals surface area contributed by atoms with Crippen LogP contribution in [0.1, 0.15) is 31.5 Å². The minimum Gasteiger partial charge on any atom is -0.454 e. The molecule has 3 N–H and O–H groups in total. The number of anilines is 1. The van der Waals surface area contributed by atoms with Gasteiger partial charge in [0.1, 0.15) is 28.6 Å². The van der Waals surface area contributed by atoms with Gasteiger partial charge in [-0.3, -0.25) is 4.40 Å². The summed E-state index contributed by atoms with van der Waals surface area (Å²) in [6, 6.07) is 13.8. The molecule has 1 fully saturated rings. The number of para-hydroxylation sites is 1. The van der Waals surface area contributed by atoms with E-state index in [1.54, 1.807) is 36.7 Å². The van der Waals surface area contributed by atoms with Gasteiger partial charge in [-0.1, -0.05) is 18.2 Å². The highest BCUT2D eigenvalue weighted by Crippen LogP contribution is 2.45. The van der Waals surface area contributed by atoms with Crippen LogP contribution >= 0.6 is 0 Å². The molecule has 5 rings (SSSR count). The van der Waals surface area contributed by atoms with Crippen LogP contribution in [0.5, 0.6) is 11.5 Å². The zero-order valence-electron chi connectivity index (χ0n) is 16.4. The molecule has 2 aromatic heterocycles. The Morgan fingerprint density at radius 3 is 2.67 bits per heavy atom. The fraction of sp³-hybridized carbons (Fsp3) is 0.217. The van der Waals surface area contributed by atoms with Gasteiger partial charge in [0, 0.05) is 23.9 Å². The van der Waals surface area contributed by atoms with Crippen molar-refractivity contribution < 1.29 is 14.2 Å². The number of halogens is 1. The van der Waals surface area contributed by atoms with Crippen molar-refractivity contribution in [2.75, 3.05) is 5.73 Å². The van der Waals surface area contributed by atoms with Crippen LogP contribution in [-0.2, 0) is 0 Å². The van der Waals surface area contributed by atoms with Crippen molar-refractivity contribution in [1.82, 2.24) is 14.4 Å². The van der Waals surface area contributed by atoms with Gasteiger partial charge in [0.25, 0.3) is 0 Å². The highest BCUT2D eigenvalue weighted by molar-refractivity contribution is 5.85. The molecular weight excluding hydrogens is 383 g/mol. The lowest BCUT2D eigenvalue weighted by Gasteiger charge is -2.40. The molecule has 0 bridgehead atoms. The summed E-state index contributed by atoms with van der Waals surface area (Å²) in [7, 11) is 0. The summed E-state index contributed by atoms with van der Waals surface area (Å²) >= 11 is 0. The van der Waals surface area contributed by atoms with Crippen molar-refractivity contribution in [1.29, 1.82) is 0 Å². The molecule has 4 aromatic rings. The molecule has 1 aliphatic carbocycles. The predicted molar refractivity (Wildman–Crippen MR) is 112 cm³/mol. The maximum absolute atomic E-state index is 14.8. The Balaban J connectivity index is 1.55. The summed E-state index contributed by atoms with van der Waals surface area (Å²) in [6.45, 7) is 1.82. The van der Waals surface area contributed by atoms with Gasteiger partial charge >= 0.3 is 0 Å². The number of imidazole rings is 1. The summed E-state index contributed by atoms with van der Waals surface area (Å²) in [5.41, 5.74) is 7.25. The number of hydrogen-bond acceptors (Lipinski definition) is 5. The minimum absolute atomic E-state index is 0.105. The molecule has 152 valence electrons. The van der Waals surface area contributed by atoms with E-state index in [1.165, 1.54) is 6.07 Å². The summed E-state index contributed by atoms with van der Waals surface area (Å²) in [5, 5.41) is 10.1. The first kappa shape index (κ1) is 18.6. The SMILES string of the molecule is C[C@]1(O)C[C@@H](c2nc(-c3ccc(Oc4ccccc4)c(F)c3)c3c(N)nccn32)C1. The third-order valence-electron chi connectivity index (χ3n) is 5.52. The molecule has 0 spiro atoms. The van der Waals surface area contributed by atoms with E-state index in [1.807, 2.05) is 29.5 Å². The van der Waals surface area contributed by atoms with E-state index >= 15 is 0 Å². The zero-order valence-corrected chi connectivity index (χ0v) is 16.4. The van der Waals surface area contributed by atoms with Gasteiger partial charge in [0.05, 0.1) is 5.60 Å². The molecule has 1 aliphatic rings. The Kier molecular flexibility index (Phi) is 4.22. The van der Waals surface area contributed by atoms with Crippen LogP contribution in [0.2, 0.25) is 0 Å². The van der Waals surface area contributed by atoms with E-state index in [-0.39, 0.29) is 11.7 Å². The van der Waals surface area contributed by atoms with E-state index in [9.17, 15) is 9.50 Å². The lowest BCUT2D eigenvalue weighted by Crippen LogP contribution is -2.40. The van der Waals surface area contributed by atoms with Crippen molar-refractivity contribution in [3.05, 3.63) is 72.6 Å². The molecule has 6 nitrogen and oxygen atoms in total. The Bertz CT molecular complexity index is 1230. The van der Waals surface area contributed by atoms with Crippen molar-refractivity contribution >= 4 is 11.3 Å². The van der Waals surface area contributed by atoms with Gasteiger partial charge in [-0.2, -0.15) is 0 Å². The molecule has 0 aliphatic heterocycles. The van der Waals surface area contributed by atoms with E-state index in [4.69, 9.17) is 15.5 Å². The third-order valence-corrected chi connectivity index (χ3v) is 5.52. The molecule has 0 saturated heterocycles. The number of benzene rings is 2. The highest BCUT2D eigenvalue weighted by atomic mass is 19.1. The third kappa shape index (κ3) is 3.17. The van der Waals surface area contributed by atoms with Crippen molar-refractivity contribution in [3.8, 4) is 22.8 Å². The van der Waals surface area contributed by atoms with Gasteiger partial charge in [0.2, 0.25) is 0 Å². The number of hydrogen-bond donors (Lipinski definition) is 2. The topological polar surface area (TPSA) is 85.7 Å². The van der Waals surface area contributed by atoms with Gasteiger partial charge in [-0.05, 0) is 50.1 Å². The first-order valence-electron chi connectivity index (χ1n) is 9.79. The predicted octanol–water partition coefficient (Wildman–Crippen LogP) is 4.54. The zero-order chi connectivity index (χ0) is 20.9. The number of aliphatic hydroxyl groups is 1. The van der Waals surface area contributed by atoms with E-state index < -0.39 is 11.4 Å². The summed E-state index contributed by atoms with van der Waals surface area (Å²) in [5.74, 6) is 1.42. The molecule has 2 heterocycles. The Morgan fingerprint density at radius 1 is 1.20 bits per heavy atom. The largest absolute Gasteiger partial charge is 0.454 e. The first-order valence-corrected chi connectivity index (χ1v) is 9.79. The van der Waals surface area contributed by atoms with Gasteiger partial charge < -0.3 is 15.6 Å². The second-order valence-electron chi connectivity index (χ2n) is 8.01. The maximum Gasteiger partial charge on any atom is 0.166 e. The average Bonchev–Trinajstić information content (AvgIpc) is 3.09. The number of nitrogen functional groups attached to an aromatic ring is 1. The van der Waals surface area contributed by atoms with Crippen LogP contribution in [0.4, 0.5) is 10.2 Å². The normalized spacial score (nSPS) is 20.8. The van der Waals surface area contributed by atoms with Gasteiger partial charge in [-0.25, -0.2) is 14.4 Å². The first-order chi connectivity index (χ1) is 14.4. The van der Waals surface area contributed by atoms with E-state index in [2.05, 4.69) is 4.98 Å². The molecule has 1 saturated carbocycles. The second-order valence-corrected chi connectivity index (χ2v) is 8.01. The highest BCUT2D eigenvalue weighted by Gasteiger charge is 2.41. The quantitative estimate of drug-likeness (QED) is 0.522. The summed E-state index contributed by atoms with van der Waals surface area (Å²) in [4.78, 5) is 8.97. The summed E-state index contributed by atoms with van der Waals surface area (Å²) in [6.07, 6.45) is 4.65. The molecule has 0 unspecified atom stereocenters. The second kappa shape index (κ2) is 6.81. The molecule has 7 heteroatoms. The van der Waals surface area contributed by atoms with Crippen LogP contribution in [0.15, 0.2) is 60.9 Å². The molecule has 2 aromatic carbocycles. The number of nitrogens with two attached hydrogens (primary N) is 1. The Labute approximate surface area is 172 Å². The number of fused-ring (bicyclic) bond motifs is 1. The van der Waals surface area contributed by atoms with Crippen molar-refractivity contribution in [2.45, 2.75) is 31.3 Å². The number of nitrogens with zero attached hydrogens (tertiary/aromatic N) is 3. The summed E-state index contributed by atoms with van der Waals surface area (Å²) < 4.78 is 22.4. The van der Waals surface area contributed by atoms with E-state index in [0.29, 0.717) is 41.2 Å². The van der Waals surface area contributed by atoms with Crippen LogP contribution in [0, 0.1) is 5.82 Å². The van der Waals surface area contributed by atoms with Crippen LogP contribution in [0.3, 0.4) is 0 Å². The van der Waals surface area contributed by atoms with Crippen LogP contribution in [-0.4, -0.2) is 25.1 Å². The van der Waals surface area contributed by atoms with E-state index in [0.717, 1.165) is 5.82 Å². The lowest BCUT2D eigenvalue weighted by molar-refractivity contribution is -0.0335. The standard InChI is InChI=1S/C23H21FN4O2/c1-23(29)12-15(13-23)22-27-19(20-21(25)26-9-10-28(20)22)14-7-8-18(17(24)11-14)30-16-5-3-2-4-6-16/h2-11,15,29H,12-13H2,1H3,(H2,25,26)/t15-,23+. The van der Waals surface area contributed by atoms with Crippen LogP contribution < -0.4 is 10.5 Å². The van der Waals surface area contributed by atoms with Crippen molar-refractivity contribution in [3.63, 3.8) is 0 Å². The fourth-order valence-corrected chi connectivity index (χ4v) is 4.11. The van der Waals surface area contributed by atoms with Gasteiger partial charge in [0.15, 0.2) is 11.6 Å². The monoisotopic (exact) mass is 404 g/mol. The minimum atomic E-state index is -0.683. The lowest BCUT2D eigenvalue weighted by atomic mass is 9.72. The Hall–Kier alpha value is -3.45. The molecular formula is C23H21FN4O2. The molecule has 0 atom stereocenters. The molecule has 0 amide bonds. The van der Waals surface area contributed by atoms with Crippen LogP contribution in [0.25, 0.3) is 16.8 Å². The van der Waals surface area contributed by atoms with Crippen molar-refractivity contribution in [2.24, 2.45) is 0 Å². The smallest absolute Gasteiger partial charge is 0.166 e.